The first-order valence-corrected chi connectivity index (χ1v) is 8.36. The Morgan fingerprint density at radius 3 is 2.32 bits per heavy atom. The van der Waals surface area contributed by atoms with Crippen molar-refractivity contribution in [3.63, 3.8) is 0 Å². The fraction of sp³-hybridized carbons (Fsp3) is 0.176. The van der Waals surface area contributed by atoms with Crippen LogP contribution < -0.4 is 4.90 Å². The highest BCUT2D eigenvalue weighted by Gasteiger charge is 2.21. The van der Waals surface area contributed by atoms with Crippen molar-refractivity contribution in [2.45, 2.75) is 19.5 Å². The highest BCUT2D eigenvalue weighted by atomic mass is 35.5. The zero-order valence-electron chi connectivity index (χ0n) is 11.9. The van der Waals surface area contributed by atoms with Crippen LogP contribution in [-0.2, 0) is 19.5 Å². The van der Waals surface area contributed by atoms with Gasteiger partial charge in [0.15, 0.2) is 0 Å². The van der Waals surface area contributed by atoms with Crippen LogP contribution in [-0.4, -0.2) is 10.2 Å². The molecule has 0 N–H and O–H groups in total. The van der Waals surface area contributed by atoms with Crippen molar-refractivity contribution in [2.75, 3.05) is 4.90 Å². The van der Waals surface area contributed by atoms with Gasteiger partial charge in [-0.25, -0.2) is 0 Å². The molecule has 0 amide bonds. The first-order valence-electron chi connectivity index (χ1n) is 7.16. The van der Waals surface area contributed by atoms with Crippen LogP contribution in [0.15, 0.2) is 48.5 Å². The lowest BCUT2D eigenvalue weighted by Crippen LogP contribution is -2.13. The van der Waals surface area contributed by atoms with Gasteiger partial charge in [-0.2, -0.15) is 0 Å². The summed E-state index contributed by atoms with van der Waals surface area (Å²) in [4.78, 5) is 2.29. The first kappa shape index (κ1) is 13.7. The van der Waals surface area contributed by atoms with E-state index in [0.717, 1.165) is 34.7 Å². The molecular formula is C17H14ClN3S. The molecule has 3 aromatic rings. The van der Waals surface area contributed by atoms with Crippen LogP contribution in [0.25, 0.3) is 0 Å². The van der Waals surface area contributed by atoms with Gasteiger partial charge in [-0.15, -0.1) is 10.2 Å². The van der Waals surface area contributed by atoms with Crippen LogP contribution >= 0.6 is 22.9 Å². The van der Waals surface area contributed by atoms with Gasteiger partial charge in [-0.1, -0.05) is 59.3 Å². The van der Waals surface area contributed by atoms with Crippen LogP contribution in [0.3, 0.4) is 0 Å². The molecule has 0 bridgehead atoms. The minimum atomic E-state index is 0.761. The molecule has 1 aliphatic heterocycles. The maximum atomic E-state index is 5.92. The number of rotatable bonds is 3. The fourth-order valence-corrected chi connectivity index (χ4v) is 3.69. The maximum Gasteiger partial charge on any atom is 0.208 e. The lowest BCUT2D eigenvalue weighted by molar-refractivity contribution is 0.851. The van der Waals surface area contributed by atoms with Crippen LogP contribution in [0.4, 0.5) is 5.13 Å². The van der Waals surface area contributed by atoms with E-state index in [2.05, 4.69) is 39.4 Å². The van der Waals surface area contributed by atoms with Crippen LogP contribution in [0.1, 0.15) is 21.7 Å². The SMILES string of the molecule is Clc1ccc(Cc2nnc(N3Cc4ccccc4C3)s2)cc1. The van der Waals surface area contributed by atoms with Gasteiger partial charge >= 0.3 is 0 Å². The monoisotopic (exact) mass is 327 g/mol. The van der Waals surface area contributed by atoms with Gasteiger partial charge in [0.25, 0.3) is 0 Å². The molecule has 1 aliphatic rings. The molecular weight excluding hydrogens is 314 g/mol. The van der Waals surface area contributed by atoms with E-state index in [0.29, 0.717) is 0 Å². The van der Waals surface area contributed by atoms with Crippen molar-refractivity contribution in [1.82, 2.24) is 10.2 Å². The van der Waals surface area contributed by atoms with Crippen LogP contribution in [0.2, 0.25) is 5.02 Å². The van der Waals surface area contributed by atoms with E-state index in [9.17, 15) is 0 Å². The predicted octanol–water partition coefficient (Wildman–Crippen LogP) is 4.30. The van der Waals surface area contributed by atoms with Crippen molar-refractivity contribution in [3.05, 3.63) is 75.3 Å². The molecule has 3 nitrogen and oxygen atoms in total. The van der Waals surface area contributed by atoms with Crippen molar-refractivity contribution in [3.8, 4) is 0 Å². The summed E-state index contributed by atoms with van der Waals surface area (Å²) < 4.78 is 0. The third-order valence-corrected chi connectivity index (χ3v) is 5.07. The summed E-state index contributed by atoms with van der Waals surface area (Å²) in [5.41, 5.74) is 3.98. The van der Waals surface area contributed by atoms with Crippen molar-refractivity contribution < 1.29 is 0 Å². The summed E-state index contributed by atoms with van der Waals surface area (Å²) in [5.74, 6) is 0. The number of benzene rings is 2. The van der Waals surface area contributed by atoms with Gasteiger partial charge in [0, 0.05) is 24.5 Å². The molecule has 0 atom stereocenters. The second-order valence-electron chi connectivity index (χ2n) is 5.41. The highest BCUT2D eigenvalue weighted by molar-refractivity contribution is 7.15. The third-order valence-electron chi connectivity index (χ3n) is 3.84. The Balaban J connectivity index is 1.49. The quantitative estimate of drug-likeness (QED) is 0.718. The highest BCUT2D eigenvalue weighted by Crippen LogP contribution is 2.30. The van der Waals surface area contributed by atoms with E-state index in [4.69, 9.17) is 11.6 Å². The minimum absolute atomic E-state index is 0.761. The Hall–Kier alpha value is -1.91. The maximum absolute atomic E-state index is 5.92. The lowest BCUT2D eigenvalue weighted by Gasteiger charge is -2.11. The van der Waals surface area contributed by atoms with Gasteiger partial charge in [0.1, 0.15) is 5.01 Å². The van der Waals surface area contributed by atoms with Gasteiger partial charge in [-0.3, -0.25) is 0 Å². The summed E-state index contributed by atoms with van der Waals surface area (Å²) in [6.45, 7) is 1.84. The molecule has 0 radical (unpaired) electrons. The number of nitrogens with zero attached hydrogens (tertiary/aromatic N) is 3. The molecule has 22 heavy (non-hydrogen) atoms. The molecule has 2 aromatic carbocycles. The number of halogens is 1. The standard InChI is InChI=1S/C17H14ClN3S/c18-15-7-5-12(6-8-15)9-16-19-20-17(22-16)21-10-13-3-1-2-4-14(13)11-21/h1-8H,9-11H2. The van der Waals surface area contributed by atoms with Crippen LogP contribution in [0.5, 0.6) is 0 Å². The van der Waals surface area contributed by atoms with E-state index in [1.165, 1.54) is 16.7 Å². The summed E-state index contributed by atoms with van der Waals surface area (Å²) in [7, 11) is 0. The zero-order chi connectivity index (χ0) is 14.9. The Morgan fingerprint density at radius 2 is 1.64 bits per heavy atom. The second-order valence-corrected chi connectivity index (χ2v) is 6.88. The lowest BCUT2D eigenvalue weighted by atomic mass is 10.1. The second kappa shape index (κ2) is 5.71. The van der Waals surface area contributed by atoms with E-state index < -0.39 is 0 Å². The van der Waals surface area contributed by atoms with E-state index in [1.54, 1.807) is 11.3 Å². The average molecular weight is 328 g/mol. The van der Waals surface area contributed by atoms with Gasteiger partial charge in [0.2, 0.25) is 5.13 Å². The fourth-order valence-electron chi connectivity index (χ4n) is 2.69. The summed E-state index contributed by atoms with van der Waals surface area (Å²) >= 11 is 7.59. The number of aromatic nitrogens is 2. The summed E-state index contributed by atoms with van der Waals surface area (Å²) in [5, 5.41) is 11.5. The molecule has 0 aliphatic carbocycles. The van der Waals surface area contributed by atoms with E-state index in [-0.39, 0.29) is 0 Å². The minimum Gasteiger partial charge on any atom is -0.338 e. The molecule has 0 fully saturated rings. The third kappa shape index (κ3) is 2.72. The molecule has 4 rings (SSSR count). The predicted molar refractivity (Wildman–Crippen MR) is 90.5 cm³/mol. The molecule has 1 aromatic heterocycles. The first-order chi connectivity index (χ1) is 10.8. The van der Waals surface area contributed by atoms with E-state index in [1.807, 2.05) is 24.3 Å². The zero-order valence-corrected chi connectivity index (χ0v) is 13.4. The van der Waals surface area contributed by atoms with Crippen LogP contribution in [0, 0.1) is 0 Å². The number of fused-ring (bicyclic) bond motifs is 1. The topological polar surface area (TPSA) is 29.0 Å². The largest absolute Gasteiger partial charge is 0.338 e. The van der Waals surface area contributed by atoms with Crippen molar-refractivity contribution in [2.24, 2.45) is 0 Å². The number of hydrogen-bond acceptors (Lipinski definition) is 4. The molecule has 2 heterocycles. The Kier molecular flexibility index (Phi) is 3.56. The van der Waals surface area contributed by atoms with Gasteiger partial charge in [0.05, 0.1) is 0 Å². The Morgan fingerprint density at radius 1 is 0.955 bits per heavy atom. The molecule has 0 saturated carbocycles. The molecule has 110 valence electrons. The smallest absolute Gasteiger partial charge is 0.208 e. The molecule has 0 spiro atoms. The average Bonchev–Trinajstić information content (AvgIpc) is 3.15. The summed E-state index contributed by atoms with van der Waals surface area (Å²) in [6, 6.07) is 16.5. The number of hydrogen-bond donors (Lipinski definition) is 0. The van der Waals surface area contributed by atoms with Crippen molar-refractivity contribution in [1.29, 1.82) is 0 Å². The van der Waals surface area contributed by atoms with Gasteiger partial charge in [-0.05, 0) is 28.8 Å². The number of anilines is 1. The van der Waals surface area contributed by atoms with E-state index >= 15 is 0 Å². The Bertz CT molecular complexity index is 773. The Labute approximate surface area is 138 Å². The summed E-state index contributed by atoms with van der Waals surface area (Å²) in [6.07, 6.45) is 0.801. The van der Waals surface area contributed by atoms with Gasteiger partial charge < -0.3 is 4.90 Å². The molecule has 0 saturated heterocycles. The molecule has 0 unspecified atom stereocenters. The van der Waals surface area contributed by atoms with Crippen molar-refractivity contribution >= 4 is 28.1 Å². The molecule has 5 heteroatoms. The normalized spacial score (nSPS) is 13.4.